The van der Waals surface area contributed by atoms with Gasteiger partial charge in [0.05, 0.1) is 5.69 Å². The van der Waals surface area contributed by atoms with E-state index in [1.54, 1.807) is 0 Å². The second-order valence-electron chi connectivity index (χ2n) is 5.24. The van der Waals surface area contributed by atoms with Crippen molar-refractivity contribution in [3.05, 3.63) is 41.4 Å². The largest absolute Gasteiger partial charge is 0.290 e. The summed E-state index contributed by atoms with van der Waals surface area (Å²) in [5.74, 6) is 1.18. The first kappa shape index (κ1) is 20.0. The molecule has 0 unspecified atom stereocenters. The number of hydrogen-bond donors (Lipinski definition) is 1. The summed E-state index contributed by atoms with van der Waals surface area (Å²) >= 11 is 11.1. The molecule has 7 heteroatoms. The Bertz CT molecular complexity index is 738. The molecule has 0 aromatic heterocycles. The number of benzene rings is 2. The molecule has 3 nitrogen and oxygen atoms in total. The Labute approximate surface area is 168 Å². The number of carbonyl (C=O) groups excluding carboxylic acids is 1. The summed E-state index contributed by atoms with van der Waals surface area (Å²) in [6, 6.07) is 11.8. The molecule has 2 rings (SSSR count). The maximum absolute atomic E-state index is 12.2. The smallest absolute Gasteiger partial charge is 0.266 e. The SMILES string of the molecule is CC[C@@H](CS)CN(I=Nc1ccc(Cl)c2ccccc12)C(=O)SC. The third kappa shape index (κ3) is 5.09. The lowest BCUT2D eigenvalue weighted by Gasteiger charge is -2.20. The van der Waals surface area contributed by atoms with Crippen molar-refractivity contribution in [1.82, 2.24) is 3.11 Å². The molecule has 24 heavy (non-hydrogen) atoms. The first-order valence-electron chi connectivity index (χ1n) is 7.59. The Morgan fingerprint density at radius 3 is 2.67 bits per heavy atom. The average molecular weight is 495 g/mol. The number of halogens is 2. The van der Waals surface area contributed by atoms with Gasteiger partial charge in [0, 0.05) is 22.3 Å². The van der Waals surface area contributed by atoms with Gasteiger partial charge in [-0.1, -0.05) is 61.0 Å². The molecule has 0 fully saturated rings. The maximum Gasteiger partial charge on any atom is 0.290 e. The number of hydrogen-bond acceptors (Lipinski definition) is 4. The molecule has 0 saturated carbocycles. The van der Waals surface area contributed by atoms with Gasteiger partial charge >= 0.3 is 0 Å². The van der Waals surface area contributed by atoms with Crippen LogP contribution in [-0.4, -0.2) is 26.9 Å². The maximum atomic E-state index is 12.2. The minimum absolute atomic E-state index is 0.0880. The molecule has 130 valence electrons. The molecule has 2 aromatic carbocycles. The molecule has 0 heterocycles. The third-order valence-corrected chi connectivity index (χ3v) is 7.53. The lowest BCUT2D eigenvalue weighted by atomic mass is 10.1. The predicted octanol–water partition coefficient (Wildman–Crippen LogP) is 6.94. The van der Waals surface area contributed by atoms with Crippen molar-refractivity contribution >= 4 is 79.0 Å². The molecule has 0 radical (unpaired) electrons. The van der Waals surface area contributed by atoms with Gasteiger partial charge in [0.15, 0.2) is 0 Å². The van der Waals surface area contributed by atoms with Gasteiger partial charge < -0.3 is 0 Å². The van der Waals surface area contributed by atoms with Gasteiger partial charge in [0.2, 0.25) is 0 Å². The zero-order valence-electron chi connectivity index (χ0n) is 13.6. The highest BCUT2D eigenvalue weighted by atomic mass is 127. The standard InChI is InChI=1S/C17H20ClIN2OS2/c1-3-12(11-23)10-21(17(22)24-2)19-20-16-9-8-15(18)13-6-4-5-7-14(13)16/h4-9,12,23H,3,10-11H2,1-2H3/t12-/m1/s1. The highest BCUT2D eigenvalue weighted by Gasteiger charge is 2.16. The van der Waals surface area contributed by atoms with Crippen LogP contribution in [0.3, 0.4) is 0 Å². The van der Waals surface area contributed by atoms with E-state index in [0.29, 0.717) is 5.92 Å². The number of rotatable bonds is 6. The quantitative estimate of drug-likeness (QED) is 0.268. The summed E-state index contributed by atoms with van der Waals surface area (Å²) in [5, 5.41) is 2.84. The molecule has 0 aliphatic heterocycles. The van der Waals surface area contributed by atoms with Crippen LogP contribution in [0.5, 0.6) is 0 Å². The Hall–Kier alpha value is -0.310. The first-order chi connectivity index (χ1) is 11.6. The van der Waals surface area contributed by atoms with Gasteiger partial charge in [-0.25, -0.2) is 3.15 Å². The lowest BCUT2D eigenvalue weighted by molar-refractivity contribution is 0.248. The number of amides is 1. The minimum Gasteiger partial charge on any atom is -0.266 e. The van der Waals surface area contributed by atoms with Crippen molar-refractivity contribution in [1.29, 1.82) is 0 Å². The Kier molecular flexibility index (Phi) is 8.33. The molecule has 2 aromatic rings. The summed E-state index contributed by atoms with van der Waals surface area (Å²) < 4.78 is 6.68. The van der Waals surface area contributed by atoms with Crippen LogP contribution < -0.4 is 0 Å². The van der Waals surface area contributed by atoms with E-state index < -0.39 is 21.3 Å². The Balaban J connectivity index is 2.32. The number of nitrogens with zero attached hydrogens (tertiary/aromatic N) is 2. The van der Waals surface area contributed by atoms with Crippen molar-refractivity contribution in [2.24, 2.45) is 9.06 Å². The summed E-state index contributed by atoms with van der Waals surface area (Å²) in [5.41, 5.74) is 0.903. The summed E-state index contributed by atoms with van der Waals surface area (Å²) in [4.78, 5) is 12.2. The molecular weight excluding hydrogens is 475 g/mol. The molecule has 1 atom stereocenters. The second-order valence-corrected chi connectivity index (χ2v) is 8.85. The molecule has 0 N–H and O–H groups in total. The van der Waals surface area contributed by atoms with Crippen LogP contribution in [0.15, 0.2) is 39.5 Å². The van der Waals surface area contributed by atoms with E-state index in [-0.39, 0.29) is 5.24 Å². The molecule has 1 amide bonds. The van der Waals surface area contributed by atoms with E-state index in [1.165, 1.54) is 11.8 Å². The van der Waals surface area contributed by atoms with Gasteiger partial charge in [-0.3, -0.25) is 7.91 Å². The van der Waals surface area contributed by atoms with E-state index in [2.05, 4.69) is 19.6 Å². The highest BCUT2D eigenvalue weighted by Crippen LogP contribution is 2.34. The van der Waals surface area contributed by atoms with E-state index >= 15 is 0 Å². The normalized spacial score (nSPS) is 13.0. The molecular formula is C17H20ClIN2OS2. The number of thioether (sulfide) groups is 1. The van der Waals surface area contributed by atoms with Crippen LogP contribution in [0.1, 0.15) is 13.3 Å². The van der Waals surface area contributed by atoms with Crippen LogP contribution in [0.4, 0.5) is 10.5 Å². The topological polar surface area (TPSA) is 32.7 Å². The van der Waals surface area contributed by atoms with Crippen molar-refractivity contribution in [2.75, 3.05) is 18.6 Å². The Morgan fingerprint density at radius 2 is 2.04 bits per heavy atom. The zero-order valence-corrected chi connectivity index (χ0v) is 18.2. The fraction of sp³-hybridized carbons (Fsp3) is 0.353. The van der Waals surface area contributed by atoms with Gasteiger partial charge in [0.25, 0.3) is 5.24 Å². The second kappa shape index (κ2) is 9.99. The highest BCUT2D eigenvalue weighted by molar-refractivity contribution is 14.1. The summed E-state index contributed by atoms with van der Waals surface area (Å²) in [7, 11) is 0. The first-order valence-corrected chi connectivity index (χ1v) is 11.8. The van der Waals surface area contributed by atoms with Crippen molar-refractivity contribution in [2.45, 2.75) is 13.3 Å². The van der Waals surface area contributed by atoms with Crippen molar-refractivity contribution in [3.8, 4) is 0 Å². The van der Waals surface area contributed by atoms with E-state index in [1.807, 2.05) is 45.8 Å². The van der Waals surface area contributed by atoms with E-state index in [4.69, 9.17) is 14.7 Å². The van der Waals surface area contributed by atoms with Gasteiger partial charge in [0.1, 0.15) is 21.3 Å². The van der Waals surface area contributed by atoms with Crippen molar-refractivity contribution in [3.63, 3.8) is 0 Å². The van der Waals surface area contributed by atoms with Crippen LogP contribution in [0.2, 0.25) is 5.02 Å². The van der Waals surface area contributed by atoms with Gasteiger partial charge in [-0.15, -0.1) is 0 Å². The number of thiol groups is 1. The fourth-order valence-electron chi connectivity index (χ4n) is 2.18. The predicted molar refractivity (Wildman–Crippen MR) is 118 cm³/mol. The summed E-state index contributed by atoms with van der Waals surface area (Å²) in [6.45, 7) is 2.85. The molecule has 0 aliphatic carbocycles. The Morgan fingerprint density at radius 1 is 1.33 bits per heavy atom. The van der Waals surface area contributed by atoms with Crippen molar-refractivity contribution < 1.29 is 4.79 Å². The minimum atomic E-state index is -0.786. The summed E-state index contributed by atoms with van der Waals surface area (Å²) in [6.07, 6.45) is 2.83. The van der Waals surface area contributed by atoms with Gasteiger partial charge in [-0.2, -0.15) is 12.6 Å². The fourth-order valence-corrected chi connectivity index (χ4v) is 5.68. The van der Waals surface area contributed by atoms with E-state index in [9.17, 15) is 4.79 Å². The number of carbonyl (C=O) groups is 1. The average Bonchev–Trinajstić information content (AvgIpc) is 2.63. The monoisotopic (exact) mass is 494 g/mol. The molecule has 0 aliphatic rings. The van der Waals surface area contributed by atoms with Crippen LogP contribution in [-0.2, 0) is 0 Å². The molecule has 0 spiro atoms. The van der Waals surface area contributed by atoms with Crippen LogP contribution in [0.25, 0.3) is 10.8 Å². The lowest BCUT2D eigenvalue weighted by Crippen LogP contribution is -2.25. The van der Waals surface area contributed by atoms with E-state index in [0.717, 1.165) is 40.2 Å². The third-order valence-electron chi connectivity index (χ3n) is 3.69. The number of fused-ring (bicyclic) bond motifs is 1. The van der Waals surface area contributed by atoms with Crippen LogP contribution >= 0.6 is 57.3 Å². The van der Waals surface area contributed by atoms with Crippen LogP contribution in [0, 0.1) is 5.92 Å². The zero-order chi connectivity index (χ0) is 17.5. The van der Waals surface area contributed by atoms with Gasteiger partial charge in [-0.05, 0) is 30.1 Å². The molecule has 0 bridgehead atoms. The molecule has 0 saturated heterocycles.